The van der Waals surface area contributed by atoms with E-state index in [4.69, 9.17) is 0 Å². The van der Waals surface area contributed by atoms with Crippen LogP contribution >= 0.6 is 15.9 Å². The number of aromatic nitrogens is 1. The Morgan fingerprint density at radius 3 is 2.38 bits per heavy atom. The van der Waals surface area contributed by atoms with E-state index in [1.54, 1.807) is 0 Å². The quantitative estimate of drug-likeness (QED) is 0.720. The molecule has 0 aliphatic carbocycles. The fourth-order valence-electron chi connectivity index (χ4n) is 2.27. The van der Waals surface area contributed by atoms with Crippen molar-refractivity contribution in [1.29, 1.82) is 0 Å². The highest BCUT2D eigenvalue weighted by Gasteiger charge is 2.14. The first kappa shape index (κ1) is 13.8. The Morgan fingerprint density at radius 1 is 0.857 bits per heavy atom. The van der Waals surface area contributed by atoms with Gasteiger partial charge in [-0.2, -0.15) is 0 Å². The molecule has 1 aromatic heterocycles. The Balaban J connectivity index is 1.97. The molecule has 0 bridgehead atoms. The summed E-state index contributed by atoms with van der Waals surface area (Å²) >= 11 is 3.51. The van der Waals surface area contributed by atoms with Crippen LogP contribution in [0.25, 0.3) is 0 Å². The maximum Gasteiger partial charge on any atom is 0.0940 e. The van der Waals surface area contributed by atoms with Crippen LogP contribution in [-0.4, -0.2) is 4.98 Å². The van der Waals surface area contributed by atoms with E-state index in [1.165, 1.54) is 5.56 Å². The van der Waals surface area contributed by atoms with Gasteiger partial charge in [0.1, 0.15) is 0 Å². The summed E-state index contributed by atoms with van der Waals surface area (Å²) in [7, 11) is 0. The number of hydrogen-bond donors (Lipinski definition) is 1. The van der Waals surface area contributed by atoms with Gasteiger partial charge in [0.05, 0.1) is 11.7 Å². The second-order valence-electron chi connectivity index (χ2n) is 4.75. The number of pyridine rings is 1. The number of hydrogen-bond acceptors (Lipinski definition) is 2. The lowest BCUT2D eigenvalue weighted by Crippen LogP contribution is -2.13. The predicted octanol–water partition coefficient (Wildman–Crippen LogP) is 5.05. The first-order chi connectivity index (χ1) is 10.3. The predicted molar refractivity (Wildman–Crippen MR) is 90.3 cm³/mol. The molecule has 0 fully saturated rings. The van der Waals surface area contributed by atoms with Crippen molar-refractivity contribution in [2.24, 2.45) is 0 Å². The van der Waals surface area contributed by atoms with E-state index in [0.29, 0.717) is 0 Å². The Bertz CT molecular complexity index is 659. The van der Waals surface area contributed by atoms with Crippen LogP contribution in [0, 0.1) is 0 Å². The zero-order chi connectivity index (χ0) is 14.5. The molecule has 1 N–H and O–H groups in total. The minimum absolute atomic E-state index is 0.0294. The van der Waals surface area contributed by atoms with Crippen LogP contribution in [0.15, 0.2) is 83.5 Å². The summed E-state index contributed by atoms with van der Waals surface area (Å²) in [5.74, 6) is 0. The summed E-state index contributed by atoms with van der Waals surface area (Å²) in [5.41, 5.74) is 3.25. The second-order valence-corrected chi connectivity index (χ2v) is 5.67. The Kier molecular flexibility index (Phi) is 4.31. The molecular formula is C18H15BrN2. The molecule has 3 rings (SSSR count). The molecule has 2 nitrogen and oxygen atoms in total. The van der Waals surface area contributed by atoms with Gasteiger partial charge in [-0.1, -0.05) is 58.4 Å². The molecule has 0 spiro atoms. The molecule has 0 aliphatic rings. The monoisotopic (exact) mass is 338 g/mol. The van der Waals surface area contributed by atoms with Crippen molar-refractivity contribution in [3.8, 4) is 0 Å². The van der Waals surface area contributed by atoms with Gasteiger partial charge in [0.15, 0.2) is 0 Å². The van der Waals surface area contributed by atoms with E-state index < -0.39 is 0 Å². The number of nitrogens with one attached hydrogen (secondary N) is 1. The molecule has 104 valence electrons. The van der Waals surface area contributed by atoms with Crippen molar-refractivity contribution < 1.29 is 0 Å². The molecule has 0 aliphatic heterocycles. The minimum atomic E-state index is 0.0294. The zero-order valence-corrected chi connectivity index (χ0v) is 13.0. The molecule has 3 aromatic rings. The summed E-state index contributed by atoms with van der Waals surface area (Å²) in [6, 6.07) is 24.5. The number of rotatable bonds is 4. The van der Waals surface area contributed by atoms with Crippen LogP contribution in [0.1, 0.15) is 17.3 Å². The van der Waals surface area contributed by atoms with Gasteiger partial charge in [0.25, 0.3) is 0 Å². The number of anilines is 1. The lowest BCUT2D eigenvalue weighted by molar-refractivity contribution is 0.887. The minimum Gasteiger partial charge on any atom is -0.373 e. The van der Waals surface area contributed by atoms with Gasteiger partial charge >= 0.3 is 0 Å². The average Bonchev–Trinajstić information content (AvgIpc) is 2.54. The number of nitrogens with zero attached hydrogens (tertiary/aromatic N) is 1. The van der Waals surface area contributed by atoms with Crippen molar-refractivity contribution in [3.05, 3.63) is 94.7 Å². The highest BCUT2D eigenvalue weighted by Crippen LogP contribution is 2.26. The third-order valence-corrected chi connectivity index (χ3v) is 3.75. The lowest BCUT2D eigenvalue weighted by Gasteiger charge is -2.20. The first-order valence-corrected chi connectivity index (χ1v) is 7.60. The Labute approximate surface area is 133 Å². The normalized spacial score (nSPS) is 11.9. The van der Waals surface area contributed by atoms with E-state index in [0.717, 1.165) is 15.9 Å². The van der Waals surface area contributed by atoms with E-state index in [-0.39, 0.29) is 6.04 Å². The Morgan fingerprint density at radius 2 is 1.67 bits per heavy atom. The molecule has 3 heteroatoms. The van der Waals surface area contributed by atoms with E-state index in [9.17, 15) is 0 Å². The van der Waals surface area contributed by atoms with Crippen LogP contribution in [0.4, 0.5) is 5.69 Å². The summed E-state index contributed by atoms with van der Waals surface area (Å²) in [6.07, 6.45) is 1.83. The lowest BCUT2D eigenvalue weighted by atomic mass is 10.0. The van der Waals surface area contributed by atoms with Crippen molar-refractivity contribution in [3.63, 3.8) is 0 Å². The maximum atomic E-state index is 4.50. The van der Waals surface area contributed by atoms with Crippen LogP contribution in [-0.2, 0) is 0 Å². The molecule has 0 saturated carbocycles. The molecule has 2 aromatic carbocycles. The third kappa shape index (κ3) is 3.50. The van der Waals surface area contributed by atoms with E-state index >= 15 is 0 Å². The van der Waals surface area contributed by atoms with Gasteiger partial charge < -0.3 is 5.32 Å². The standard InChI is InChI=1S/C18H15BrN2/c19-15-9-6-10-16(13-15)21-18(14-7-2-1-3-8-14)17-11-4-5-12-20-17/h1-13,18,21H. The van der Waals surface area contributed by atoms with Gasteiger partial charge in [-0.3, -0.25) is 4.98 Å². The van der Waals surface area contributed by atoms with Gasteiger partial charge in [-0.25, -0.2) is 0 Å². The van der Waals surface area contributed by atoms with Crippen molar-refractivity contribution >= 4 is 21.6 Å². The highest BCUT2D eigenvalue weighted by atomic mass is 79.9. The molecule has 1 heterocycles. The van der Waals surface area contributed by atoms with Gasteiger partial charge in [0, 0.05) is 16.4 Å². The van der Waals surface area contributed by atoms with Crippen molar-refractivity contribution in [1.82, 2.24) is 4.98 Å². The molecule has 0 saturated heterocycles. The maximum absolute atomic E-state index is 4.50. The summed E-state index contributed by atoms with van der Waals surface area (Å²) in [5, 5.41) is 3.56. The molecule has 0 amide bonds. The highest BCUT2D eigenvalue weighted by molar-refractivity contribution is 9.10. The molecule has 21 heavy (non-hydrogen) atoms. The smallest absolute Gasteiger partial charge is 0.0940 e. The zero-order valence-electron chi connectivity index (χ0n) is 11.4. The van der Waals surface area contributed by atoms with Gasteiger partial charge in [-0.05, 0) is 35.9 Å². The molecule has 0 radical (unpaired) electrons. The van der Waals surface area contributed by atoms with E-state index in [1.807, 2.05) is 54.7 Å². The summed E-state index contributed by atoms with van der Waals surface area (Å²) < 4.78 is 1.06. The fourth-order valence-corrected chi connectivity index (χ4v) is 2.66. The van der Waals surface area contributed by atoms with Crippen molar-refractivity contribution in [2.45, 2.75) is 6.04 Å². The SMILES string of the molecule is Brc1cccc(NC(c2ccccc2)c2ccccn2)c1. The summed E-state index contributed by atoms with van der Waals surface area (Å²) in [6.45, 7) is 0. The molecular weight excluding hydrogens is 324 g/mol. The van der Waals surface area contributed by atoms with Crippen LogP contribution < -0.4 is 5.32 Å². The van der Waals surface area contributed by atoms with Gasteiger partial charge in [-0.15, -0.1) is 0 Å². The average molecular weight is 339 g/mol. The Hall–Kier alpha value is -2.13. The van der Waals surface area contributed by atoms with Crippen LogP contribution in [0.5, 0.6) is 0 Å². The second kappa shape index (κ2) is 6.55. The van der Waals surface area contributed by atoms with Crippen LogP contribution in [0.3, 0.4) is 0 Å². The summed E-state index contributed by atoms with van der Waals surface area (Å²) in [4.78, 5) is 4.50. The first-order valence-electron chi connectivity index (χ1n) is 6.81. The molecule has 1 atom stereocenters. The third-order valence-electron chi connectivity index (χ3n) is 3.25. The topological polar surface area (TPSA) is 24.9 Å². The van der Waals surface area contributed by atoms with Crippen LogP contribution in [0.2, 0.25) is 0 Å². The number of halogens is 1. The molecule has 1 unspecified atom stereocenters. The largest absolute Gasteiger partial charge is 0.373 e. The number of benzene rings is 2. The van der Waals surface area contributed by atoms with E-state index in [2.05, 4.69) is 50.5 Å². The van der Waals surface area contributed by atoms with Crippen molar-refractivity contribution in [2.75, 3.05) is 5.32 Å². The van der Waals surface area contributed by atoms with Gasteiger partial charge in [0.2, 0.25) is 0 Å². The fraction of sp³-hybridized carbons (Fsp3) is 0.0556.